The summed E-state index contributed by atoms with van der Waals surface area (Å²) in [6.07, 6.45) is 1.93. The van der Waals surface area contributed by atoms with Gasteiger partial charge in [-0.1, -0.05) is 27.7 Å². The van der Waals surface area contributed by atoms with E-state index in [9.17, 15) is 4.79 Å². The van der Waals surface area contributed by atoms with Gasteiger partial charge >= 0.3 is 0 Å². The Labute approximate surface area is 99.2 Å². The Morgan fingerprint density at radius 3 is 2.38 bits per heavy atom. The van der Waals surface area contributed by atoms with Gasteiger partial charge in [-0.2, -0.15) is 0 Å². The molecular formula is C13H26N2O. The van der Waals surface area contributed by atoms with Crippen LogP contribution in [0.4, 0.5) is 0 Å². The zero-order valence-electron chi connectivity index (χ0n) is 11.3. The zero-order chi connectivity index (χ0) is 12.6. The number of carbonyl (C=O) groups excluding carboxylic acids is 1. The minimum Gasteiger partial charge on any atom is -0.349 e. The number of hydrogen-bond donors (Lipinski definition) is 2. The maximum absolute atomic E-state index is 12.0. The van der Waals surface area contributed by atoms with Crippen LogP contribution in [0.2, 0.25) is 0 Å². The fourth-order valence-corrected chi connectivity index (χ4v) is 2.39. The molecule has 2 unspecified atom stereocenters. The normalized spacial score (nSPS) is 26.3. The molecule has 94 valence electrons. The summed E-state index contributed by atoms with van der Waals surface area (Å²) in [4.78, 5) is 12.0. The van der Waals surface area contributed by atoms with Crippen molar-refractivity contribution in [2.24, 2.45) is 23.0 Å². The molecular weight excluding hydrogens is 200 g/mol. The molecule has 0 aromatic carbocycles. The highest BCUT2D eigenvalue weighted by Gasteiger charge is 2.51. The van der Waals surface area contributed by atoms with Crippen molar-refractivity contribution in [3.8, 4) is 0 Å². The maximum atomic E-state index is 12.0. The lowest BCUT2D eigenvalue weighted by Crippen LogP contribution is -2.52. The van der Waals surface area contributed by atoms with Gasteiger partial charge in [-0.3, -0.25) is 4.79 Å². The molecule has 0 saturated heterocycles. The number of nitrogens with two attached hydrogens (primary N) is 1. The highest BCUT2D eigenvalue weighted by molar-refractivity contribution is 5.83. The first-order chi connectivity index (χ1) is 7.20. The van der Waals surface area contributed by atoms with Crippen LogP contribution in [0.1, 0.15) is 47.5 Å². The molecule has 0 spiro atoms. The Morgan fingerprint density at radius 2 is 2.06 bits per heavy atom. The molecule has 0 heterocycles. The molecule has 3 heteroatoms. The highest BCUT2D eigenvalue weighted by atomic mass is 16.2. The zero-order valence-corrected chi connectivity index (χ0v) is 11.3. The Balaban J connectivity index is 2.53. The van der Waals surface area contributed by atoms with Gasteiger partial charge in [-0.05, 0) is 31.1 Å². The second-order valence-corrected chi connectivity index (χ2v) is 6.60. The average Bonchev–Trinajstić information content (AvgIpc) is 2.74. The van der Waals surface area contributed by atoms with Crippen LogP contribution in [0, 0.1) is 17.3 Å². The first-order valence-corrected chi connectivity index (χ1v) is 6.22. The summed E-state index contributed by atoms with van der Waals surface area (Å²) < 4.78 is 0. The third-order valence-electron chi connectivity index (χ3n) is 3.56. The van der Waals surface area contributed by atoms with E-state index in [1.807, 2.05) is 6.92 Å². The van der Waals surface area contributed by atoms with Gasteiger partial charge in [0.1, 0.15) is 0 Å². The van der Waals surface area contributed by atoms with Gasteiger partial charge in [0, 0.05) is 18.0 Å². The second kappa shape index (κ2) is 4.36. The van der Waals surface area contributed by atoms with Crippen LogP contribution in [0.3, 0.4) is 0 Å². The van der Waals surface area contributed by atoms with Gasteiger partial charge in [0.05, 0.1) is 0 Å². The van der Waals surface area contributed by atoms with Gasteiger partial charge < -0.3 is 11.1 Å². The molecule has 1 fully saturated rings. The third-order valence-corrected chi connectivity index (χ3v) is 3.56. The summed E-state index contributed by atoms with van der Waals surface area (Å²) in [6.45, 7) is 11.1. The van der Waals surface area contributed by atoms with E-state index >= 15 is 0 Å². The smallest absolute Gasteiger partial charge is 0.224 e. The van der Waals surface area contributed by atoms with Crippen LogP contribution in [0.15, 0.2) is 0 Å². The Kier molecular flexibility index (Phi) is 3.68. The van der Waals surface area contributed by atoms with Crippen LogP contribution < -0.4 is 11.1 Å². The molecule has 2 atom stereocenters. The lowest BCUT2D eigenvalue weighted by Gasteiger charge is -2.31. The van der Waals surface area contributed by atoms with Crippen molar-refractivity contribution in [1.29, 1.82) is 0 Å². The first-order valence-electron chi connectivity index (χ1n) is 6.22. The van der Waals surface area contributed by atoms with Crippen molar-refractivity contribution < 1.29 is 4.79 Å². The van der Waals surface area contributed by atoms with E-state index in [4.69, 9.17) is 5.73 Å². The first kappa shape index (κ1) is 13.5. The van der Waals surface area contributed by atoms with E-state index in [1.54, 1.807) is 0 Å². The standard InChI is InChI=1S/C13H26N2O/c1-9(2)6-13(5,8-14)15-11(16)10-7-12(10,3)4/h9-10H,6-8,14H2,1-5H3,(H,15,16). The van der Waals surface area contributed by atoms with Crippen molar-refractivity contribution in [3.63, 3.8) is 0 Å². The van der Waals surface area contributed by atoms with Crippen LogP contribution in [-0.4, -0.2) is 18.0 Å². The topological polar surface area (TPSA) is 55.1 Å². The van der Waals surface area contributed by atoms with Crippen molar-refractivity contribution in [2.45, 2.75) is 53.0 Å². The molecule has 3 N–H and O–H groups in total. The van der Waals surface area contributed by atoms with E-state index in [-0.39, 0.29) is 22.8 Å². The summed E-state index contributed by atoms with van der Waals surface area (Å²) in [5.74, 6) is 0.908. The van der Waals surface area contributed by atoms with Crippen LogP contribution in [0.25, 0.3) is 0 Å². The summed E-state index contributed by atoms with van der Waals surface area (Å²) in [5, 5.41) is 3.13. The predicted octanol–water partition coefficient (Wildman–Crippen LogP) is 1.91. The van der Waals surface area contributed by atoms with Crippen LogP contribution in [0.5, 0.6) is 0 Å². The molecule has 1 aliphatic rings. The van der Waals surface area contributed by atoms with Gasteiger partial charge in [0.25, 0.3) is 0 Å². The number of amides is 1. The molecule has 0 aromatic heterocycles. The molecule has 1 rings (SSSR count). The summed E-state index contributed by atoms with van der Waals surface area (Å²) in [6, 6.07) is 0. The third kappa shape index (κ3) is 3.21. The monoisotopic (exact) mass is 226 g/mol. The Hall–Kier alpha value is -0.570. The Morgan fingerprint density at radius 1 is 1.56 bits per heavy atom. The second-order valence-electron chi connectivity index (χ2n) is 6.60. The van der Waals surface area contributed by atoms with E-state index in [0.29, 0.717) is 12.5 Å². The molecule has 0 aromatic rings. The fourth-order valence-electron chi connectivity index (χ4n) is 2.39. The highest BCUT2D eigenvalue weighted by Crippen LogP contribution is 2.51. The minimum atomic E-state index is -0.246. The largest absolute Gasteiger partial charge is 0.349 e. The predicted molar refractivity (Wildman–Crippen MR) is 66.9 cm³/mol. The Bertz CT molecular complexity index is 273. The van der Waals surface area contributed by atoms with E-state index in [0.717, 1.165) is 12.8 Å². The van der Waals surface area contributed by atoms with E-state index in [1.165, 1.54) is 0 Å². The quantitative estimate of drug-likeness (QED) is 0.752. The minimum absolute atomic E-state index is 0.179. The number of carbonyl (C=O) groups is 1. The molecule has 1 saturated carbocycles. The number of hydrogen-bond acceptors (Lipinski definition) is 2. The SMILES string of the molecule is CC(C)CC(C)(CN)NC(=O)C1CC1(C)C. The molecule has 16 heavy (non-hydrogen) atoms. The lowest BCUT2D eigenvalue weighted by atomic mass is 9.90. The number of nitrogens with one attached hydrogen (secondary N) is 1. The van der Waals surface area contributed by atoms with Gasteiger partial charge in [0.15, 0.2) is 0 Å². The molecule has 1 aliphatic carbocycles. The van der Waals surface area contributed by atoms with Gasteiger partial charge in [-0.15, -0.1) is 0 Å². The van der Waals surface area contributed by atoms with Crippen molar-refractivity contribution >= 4 is 5.91 Å². The average molecular weight is 226 g/mol. The molecule has 0 aliphatic heterocycles. The van der Waals surface area contributed by atoms with Gasteiger partial charge in [-0.25, -0.2) is 0 Å². The van der Waals surface area contributed by atoms with Gasteiger partial charge in [0.2, 0.25) is 5.91 Å². The summed E-state index contributed by atoms with van der Waals surface area (Å²) in [7, 11) is 0. The molecule has 0 bridgehead atoms. The molecule has 3 nitrogen and oxygen atoms in total. The van der Waals surface area contributed by atoms with Crippen LogP contribution in [-0.2, 0) is 4.79 Å². The van der Waals surface area contributed by atoms with Crippen molar-refractivity contribution in [1.82, 2.24) is 5.32 Å². The van der Waals surface area contributed by atoms with E-state index < -0.39 is 0 Å². The molecule has 0 radical (unpaired) electrons. The van der Waals surface area contributed by atoms with E-state index in [2.05, 4.69) is 33.0 Å². The van der Waals surface area contributed by atoms with Crippen LogP contribution >= 0.6 is 0 Å². The summed E-state index contributed by atoms with van der Waals surface area (Å²) >= 11 is 0. The van der Waals surface area contributed by atoms with Crippen molar-refractivity contribution in [3.05, 3.63) is 0 Å². The summed E-state index contributed by atoms with van der Waals surface area (Å²) in [5.41, 5.74) is 5.72. The fraction of sp³-hybridized carbons (Fsp3) is 0.923. The van der Waals surface area contributed by atoms with Crippen molar-refractivity contribution in [2.75, 3.05) is 6.54 Å². The maximum Gasteiger partial charge on any atom is 0.224 e. The lowest BCUT2D eigenvalue weighted by molar-refractivity contribution is -0.124. The number of rotatable bonds is 5. The molecule has 1 amide bonds.